The third kappa shape index (κ3) is 6.06. The minimum Gasteiger partial charge on any atom is -0.370 e. The zero-order chi connectivity index (χ0) is 17.4. The molecule has 0 aliphatic rings. The lowest BCUT2D eigenvalue weighted by molar-refractivity contribution is 0.248. The van der Waals surface area contributed by atoms with Crippen LogP contribution < -0.4 is 15.5 Å². The Hall–Kier alpha value is -1.82. The van der Waals surface area contributed by atoms with E-state index >= 15 is 0 Å². The number of urea groups is 1. The Labute approximate surface area is 138 Å². The van der Waals surface area contributed by atoms with E-state index in [9.17, 15) is 9.18 Å². The number of hydrogen-bond donors (Lipinski definition) is 2. The van der Waals surface area contributed by atoms with Crippen molar-refractivity contribution in [1.29, 1.82) is 0 Å². The van der Waals surface area contributed by atoms with Gasteiger partial charge in [0, 0.05) is 31.9 Å². The fourth-order valence-electron chi connectivity index (χ4n) is 2.19. The Bertz CT molecular complexity index is 503. The Balaban J connectivity index is 2.54. The maximum atomic E-state index is 14.1. The quantitative estimate of drug-likeness (QED) is 0.772. The van der Waals surface area contributed by atoms with Gasteiger partial charge in [-0.3, -0.25) is 0 Å². The molecule has 0 bridgehead atoms. The first-order valence-corrected chi connectivity index (χ1v) is 8.18. The van der Waals surface area contributed by atoms with Gasteiger partial charge in [-0.1, -0.05) is 13.8 Å². The van der Waals surface area contributed by atoms with Crippen LogP contribution in [0.3, 0.4) is 0 Å². The van der Waals surface area contributed by atoms with Crippen LogP contribution >= 0.6 is 0 Å². The molecule has 2 N–H and O–H groups in total. The standard InChI is InChI=1S/C17H29FN4O/c1-6-22(7-2)11-10-19-17(23)20-14-8-9-16(15(18)12-14)21(5)13(3)4/h8-9,12-13H,6-7,10-11H2,1-5H3,(H2,19,20,23). The number of rotatable bonds is 8. The average molecular weight is 324 g/mol. The minimum atomic E-state index is -0.345. The van der Waals surface area contributed by atoms with Crippen molar-refractivity contribution >= 4 is 17.4 Å². The van der Waals surface area contributed by atoms with Gasteiger partial charge in [0.05, 0.1) is 5.69 Å². The molecule has 0 aliphatic carbocycles. The number of anilines is 2. The molecule has 1 aromatic carbocycles. The number of likely N-dealkylation sites (N-methyl/N-ethyl adjacent to an activating group) is 1. The van der Waals surface area contributed by atoms with Crippen LogP contribution in [-0.4, -0.2) is 50.2 Å². The van der Waals surface area contributed by atoms with Crippen LogP contribution in [0.4, 0.5) is 20.6 Å². The van der Waals surface area contributed by atoms with Crippen molar-refractivity contribution in [2.24, 2.45) is 0 Å². The number of carbonyl (C=O) groups is 1. The van der Waals surface area contributed by atoms with Crippen LogP contribution in [0.2, 0.25) is 0 Å². The van der Waals surface area contributed by atoms with Gasteiger partial charge in [0.25, 0.3) is 0 Å². The second-order valence-electron chi connectivity index (χ2n) is 5.78. The summed E-state index contributed by atoms with van der Waals surface area (Å²) in [4.78, 5) is 15.9. The van der Waals surface area contributed by atoms with Gasteiger partial charge in [-0.05, 0) is 45.1 Å². The van der Waals surface area contributed by atoms with E-state index in [-0.39, 0.29) is 17.9 Å². The Morgan fingerprint density at radius 3 is 2.43 bits per heavy atom. The van der Waals surface area contributed by atoms with Crippen LogP contribution in [-0.2, 0) is 0 Å². The molecular weight excluding hydrogens is 295 g/mol. The first-order chi connectivity index (χ1) is 10.9. The first-order valence-electron chi connectivity index (χ1n) is 8.18. The van der Waals surface area contributed by atoms with E-state index in [0.717, 1.165) is 19.6 Å². The van der Waals surface area contributed by atoms with Crippen LogP contribution in [0.1, 0.15) is 27.7 Å². The Morgan fingerprint density at radius 1 is 1.26 bits per heavy atom. The summed E-state index contributed by atoms with van der Waals surface area (Å²) in [7, 11) is 1.84. The number of nitrogens with zero attached hydrogens (tertiary/aromatic N) is 2. The largest absolute Gasteiger partial charge is 0.370 e. The van der Waals surface area contributed by atoms with Crippen molar-refractivity contribution < 1.29 is 9.18 Å². The third-order valence-corrected chi connectivity index (χ3v) is 3.97. The fourth-order valence-corrected chi connectivity index (χ4v) is 2.19. The molecule has 0 radical (unpaired) electrons. The molecule has 0 fully saturated rings. The van der Waals surface area contributed by atoms with Crippen molar-refractivity contribution in [1.82, 2.24) is 10.2 Å². The predicted molar refractivity (Wildman–Crippen MR) is 94.7 cm³/mol. The normalized spacial score (nSPS) is 11.0. The molecule has 1 aromatic rings. The molecule has 0 saturated carbocycles. The van der Waals surface area contributed by atoms with Gasteiger partial charge < -0.3 is 20.4 Å². The summed E-state index contributed by atoms with van der Waals surface area (Å²) in [6.45, 7) is 11.4. The lowest BCUT2D eigenvalue weighted by Gasteiger charge is -2.24. The summed E-state index contributed by atoms with van der Waals surface area (Å²) >= 11 is 0. The third-order valence-electron chi connectivity index (χ3n) is 3.97. The number of benzene rings is 1. The molecule has 5 nitrogen and oxygen atoms in total. The van der Waals surface area contributed by atoms with E-state index in [1.54, 1.807) is 12.1 Å². The van der Waals surface area contributed by atoms with Crippen LogP contribution in [0, 0.1) is 5.82 Å². The SMILES string of the molecule is CCN(CC)CCNC(=O)Nc1ccc(N(C)C(C)C)c(F)c1. The Kier molecular flexibility index (Phi) is 7.81. The lowest BCUT2D eigenvalue weighted by Crippen LogP contribution is -2.36. The van der Waals surface area contributed by atoms with E-state index in [1.807, 2.05) is 25.8 Å². The molecule has 0 heterocycles. The fraction of sp³-hybridized carbons (Fsp3) is 0.588. The van der Waals surface area contributed by atoms with Crippen molar-refractivity contribution in [3.05, 3.63) is 24.0 Å². The molecule has 0 saturated heterocycles. The summed E-state index contributed by atoms with van der Waals surface area (Å²) in [6.07, 6.45) is 0. The van der Waals surface area contributed by atoms with E-state index < -0.39 is 0 Å². The van der Waals surface area contributed by atoms with Crippen LogP contribution in [0.15, 0.2) is 18.2 Å². The topological polar surface area (TPSA) is 47.6 Å². The maximum Gasteiger partial charge on any atom is 0.319 e. The highest BCUT2D eigenvalue weighted by atomic mass is 19.1. The first kappa shape index (κ1) is 19.2. The summed E-state index contributed by atoms with van der Waals surface area (Å²) < 4.78 is 14.1. The molecule has 0 unspecified atom stereocenters. The van der Waals surface area contributed by atoms with E-state index in [2.05, 4.69) is 29.4 Å². The molecule has 0 spiro atoms. The van der Waals surface area contributed by atoms with Gasteiger partial charge in [-0.25, -0.2) is 9.18 Å². The molecule has 0 aromatic heterocycles. The van der Waals surface area contributed by atoms with Crippen molar-refractivity contribution in [2.75, 3.05) is 43.4 Å². The van der Waals surface area contributed by atoms with Crippen LogP contribution in [0.25, 0.3) is 0 Å². The zero-order valence-electron chi connectivity index (χ0n) is 14.8. The summed E-state index contributed by atoms with van der Waals surface area (Å²) in [5, 5.41) is 5.44. The van der Waals surface area contributed by atoms with Gasteiger partial charge in [-0.15, -0.1) is 0 Å². The van der Waals surface area contributed by atoms with Crippen molar-refractivity contribution in [2.45, 2.75) is 33.7 Å². The minimum absolute atomic E-state index is 0.201. The molecule has 1 rings (SSSR count). The molecule has 2 amide bonds. The number of amides is 2. The van der Waals surface area contributed by atoms with E-state index in [0.29, 0.717) is 17.9 Å². The summed E-state index contributed by atoms with van der Waals surface area (Å²) in [5.41, 5.74) is 0.969. The molecule has 6 heteroatoms. The number of hydrogen-bond acceptors (Lipinski definition) is 3. The monoisotopic (exact) mass is 324 g/mol. The summed E-state index contributed by atoms with van der Waals surface area (Å²) in [5.74, 6) is -0.345. The molecule has 0 aliphatic heterocycles. The molecule has 23 heavy (non-hydrogen) atoms. The van der Waals surface area contributed by atoms with Crippen LogP contribution in [0.5, 0.6) is 0 Å². The highest BCUT2D eigenvalue weighted by molar-refractivity contribution is 5.89. The van der Waals surface area contributed by atoms with Gasteiger partial charge in [-0.2, -0.15) is 0 Å². The van der Waals surface area contributed by atoms with Gasteiger partial charge in [0.15, 0.2) is 0 Å². The van der Waals surface area contributed by atoms with Crippen molar-refractivity contribution in [3.8, 4) is 0 Å². The van der Waals surface area contributed by atoms with Crippen molar-refractivity contribution in [3.63, 3.8) is 0 Å². The number of nitrogens with one attached hydrogen (secondary N) is 2. The lowest BCUT2D eigenvalue weighted by atomic mass is 10.2. The molecule has 130 valence electrons. The number of halogens is 1. The average Bonchev–Trinajstić information content (AvgIpc) is 2.51. The van der Waals surface area contributed by atoms with Gasteiger partial charge in [0.2, 0.25) is 0 Å². The van der Waals surface area contributed by atoms with Gasteiger partial charge in [0.1, 0.15) is 5.82 Å². The highest BCUT2D eigenvalue weighted by Gasteiger charge is 2.12. The highest BCUT2D eigenvalue weighted by Crippen LogP contribution is 2.23. The number of carbonyl (C=O) groups excluding carboxylic acids is 1. The second-order valence-corrected chi connectivity index (χ2v) is 5.78. The molecular formula is C17H29FN4O. The predicted octanol–water partition coefficient (Wildman–Crippen LogP) is 3.13. The van der Waals surface area contributed by atoms with E-state index in [1.165, 1.54) is 6.07 Å². The maximum absolute atomic E-state index is 14.1. The smallest absolute Gasteiger partial charge is 0.319 e. The second kappa shape index (κ2) is 9.35. The zero-order valence-corrected chi connectivity index (χ0v) is 14.8. The van der Waals surface area contributed by atoms with Gasteiger partial charge >= 0.3 is 6.03 Å². The Morgan fingerprint density at radius 2 is 1.91 bits per heavy atom. The van der Waals surface area contributed by atoms with E-state index in [4.69, 9.17) is 0 Å². The molecule has 0 atom stereocenters. The summed E-state index contributed by atoms with van der Waals surface area (Å²) in [6, 6.07) is 4.62.